The number of halogens is 1. The predicted molar refractivity (Wildman–Crippen MR) is 86.3 cm³/mol. The van der Waals surface area contributed by atoms with Crippen molar-refractivity contribution in [1.82, 2.24) is 10.3 Å². The number of hydrogen-bond acceptors (Lipinski definition) is 5. The van der Waals surface area contributed by atoms with Crippen LogP contribution < -0.4 is 15.8 Å². The molecule has 21 heavy (non-hydrogen) atoms. The monoisotopic (exact) mass is 327 g/mol. The Morgan fingerprint density at radius 1 is 1.43 bits per heavy atom. The van der Waals surface area contributed by atoms with Gasteiger partial charge in [-0.1, -0.05) is 18.2 Å². The summed E-state index contributed by atoms with van der Waals surface area (Å²) < 4.78 is 5.27. The van der Waals surface area contributed by atoms with Crippen LogP contribution in [0.2, 0.25) is 0 Å². The highest BCUT2D eigenvalue weighted by molar-refractivity contribution is 7.09. The molecule has 114 valence electrons. The Kier molecular flexibility index (Phi) is 7.14. The smallest absolute Gasteiger partial charge is 0.270 e. The van der Waals surface area contributed by atoms with E-state index in [0.717, 1.165) is 16.3 Å². The first kappa shape index (κ1) is 17.4. The fourth-order valence-electron chi connectivity index (χ4n) is 1.82. The molecule has 0 aliphatic rings. The van der Waals surface area contributed by atoms with Crippen molar-refractivity contribution in [2.45, 2.75) is 13.0 Å². The summed E-state index contributed by atoms with van der Waals surface area (Å²) in [5, 5.41) is 5.33. The van der Waals surface area contributed by atoms with E-state index in [1.807, 2.05) is 24.3 Å². The molecule has 7 heteroatoms. The minimum atomic E-state index is -0.171. The molecule has 5 nitrogen and oxygen atoms in total. The summed E-state index contributed by atoms with van der Waals surface area (Å²) in [6, 6.07) is 7.77. The molecule has 1 aromatic carbocycles. The number of aromatic nitrogens is 1. The highest BCUT2D eigenvalue weighted by Crippen LogP contribution is 2.17. The molecule has 2 aromatic rings. The van der Waals surface area contributed by atoms with Gasteiger partial charge < -0.3 is 15.8 Å². The van der Waals surface area contributed by atoms with Gasteiger partial charge in [0.25, 0.3) is 5.91 Å². The normalized spacial score (nSPS) is 9.81. The van der Waals surface area contributed by atoms with Gasteiger partial charge in [-0.2, -0.15) is 0 Å². The number of para-hydroxylation sites is 1. The van der Waals surface area contributed by atoms with Crippen LogP contribution in [0.25, 0.3) is 0 Å². The van der Waals surface area contributed by atoms with E-state index < -0.39 is 0 Å². The molecule has 1 amide bonds. The zero-order chi connectivity index (χ0) is 14.4. The Morgan fingerprint density at radius 2 is 2.19 bits per heavy atom. The van der Waals surface area contributed by atoms with Crippen LogP contribution in [0.4, 0.5) is 0 Å². The lowest BCUT2D eigenvalue weighted by Gasteiger charge is -2.08. The fraction of sp³-hybridized carbons (Fsp3) is 0.286. The molecule has 0 atom stereocenters. The maximum atomic E-state index is 11.9. The summed E-state index contributed by atoms with van der Waals surface area (Å²) >= 11 is 1.40. The first-order chi connectivity index (χ1) is 9.74. The molecule has 1 heterocycles. The number of ether oxygens (including phenoxy) is 1. The molecule has 0 fully saturated rings. The summed E-state index contributed by atoms with van der Waals surface area (Å²) in [7, 11) is 1.64. The minimum absolute atomic E-state index is 0. The second-order valence-electron chi connectivity index (χ2n) is 4.15. The van der Waals surface area contributed by atoms with E-state index in [0.29, 0.717) is 25.2 Å². The van der Waals surface area contributed by atoms with E-state index in [-0.39, 0.29) is 18.3 Å². The Morgan fingerprint density at radius 3 is 2.86 bits per heavy atom. The van der Waals surface area contributed by atoms with Gasteiger partial charge in [0.1, 0.15) is 16.5 Å². The second kappa shape index (κ2) is 8.61. The van der Waals surface area contributed by atoms with Gasteiger partial charge in [0.15, 0.2) is 0 Å². The van der Waals surface area contributed by atoms with Crippen molar-refractivity contribution >= 4 is 29.7 Å². The third kappa shape index (κ3) is 4.70. The third-order valence-corrected chi connectivity index (χ3v) is 3.70. The Balaban J connectivity index is 0.00000220. The average Bonchev–Trinajstić information content (AvgIpc) is 2.96. The molecule has 1 aromatic heterocycles. The number of methoxy groups -OCH3 is 1. The number of amides is 1. The summed E-state index contributed by atoms with van der Waals surface area (Å²) in [6.07, 6.45) is 0.712. The molecule has 0 spiro atoms. The molecular weight excluding hydrogens is 310 g/mol. The van der Waals surface area contributed by atoms with E-state index in [1.54, 1.807) is 12.5 Å². The predicted octanol–water partition coefficient (Wildman–Crippen LogP) is 2.00. The maximum absolute atomic E-state index is 11.9. The van der Waals surface area contributed by atoms with Crippen LogP contribution in [0, 0.1) is 0 Å². The van der Waals surface area contributed by atoms with Crippen molar-refractivity contribution in [3.63, 3.8) is 0 Å². The van der Waals surface area contributed by atoms with Crippen LogP contribution in [0.1, 0.15) is 21.1 Å². The van der Waals surface area contributed by atoms with Crippen molar-refractivity contribution in [1.29, 1.82) is 0 Å². The number of rotatable bonds is 6. The molecule has 0 aliphatic carbocycles. The number of carbonyl (C=O) groups is 1. The topological polar surface area (TPSA) is 77.2 Å². The molecule has 2 rings (SSSR count). The SMILES string of the molecule is COc1ccccc1CCNC(=O)c1csc(CN)n1.Cl. The maximum Gasteiger partial charge on any atom is 0.270 e. The van der Waals surface area contributed by atoms with Crippen LogP contribution in [-0.4, -0.2) is 24.5 Å². The summed E-state index contributed by atoms with van der Waals surface area (Å²) in [6.45, 7) is 0.897. The van der Waals surface area contributed by atoms with Crippen molar-refractivity contribution in [2.24, 2.45) is 5.73 Å². The van der Waals surface area contributed by atoms with Gasteiger partial charge in [0, 0.05) is 18.5 Å². The first-order valence-corrected chi connectivity index (χ1v) is 7.17. The van der Waals surface area contributed by atoms with Gasteiger partial charge in [-0.15, -0.1) is 23.7 Å². The van der Waals surface area contributed by atoms with Crippen LogP contribution >= 0.6 is 23.7 Å². The molecule has 0 saturated carbocycles. The van der Waals surface area contributed by atoms with E-state index in [1.165, 1.54) is 11.3 Å². The van der Waals surface area contributed by atoms with E-state index in [9.17, 15) is 4.79 Å². The molecule has 0 bridgehead atoms. The van der Waals surface area contributed by atoms with Gasteiger partial charge in [0.2, 0.25) is 0 Å². The molecule has 0 aliphatic heterocycles. The van der Waals surface area contributed by atoms with E-state index >= 15 is 0 Å². The van der Waals surface area contributed by atoms with Crippen LogP contribution in [0.3, 0.4) is 0 Å². The van der Waals surface area contributed by atoms with Crippen molar-refractivity contribution < 1.29 is 9.53 Å². The number of nitrogens with two attached hydrogens (primary N) is 1. The van der Waals surface area contributed by atoms with Crippen molar-refractivity contribution in [3.05, 3.63) is 45.9 Å². The third-order valence-electron chi connectivity index (χ3n) is 2.83. The van der Waals surface area contributed by atoms with Gasteiger partial charge in [-0.3, -0.25) is 4.79 Å². The highest BCUT2D eigenvalue weighted by Gasteiger charge is 2.10. The lowest BCUT2D eigenvalue weighted by atomic mass is 10.1. The summed E-state index contributed by atoms with van der Waals surface area (Å²) in [4.78, 5) is 16.0. The Bertz CT molecular complexity index is 589. The number of nitrogens with one attached hydrogen (secondary N) is 1. The molecule has 0 saturated heterocycles. The Hall–Kier alpha value is -1.63. The summed E-state index contributed by atoms with van der Waals surface area (Å²) in [5.41, 5.74) is 6.97. The second-order valence-corrected chi connectivity index (χ2v) is 5.09. The summed E-state index contributed by atoms with van der Waals surface area (Å²) in [5.74, 6) is 0.664. The Labute approximate surface area is 133 Å². The molecule has 0 radical (unpaired) electrons. The van der Waals surface area contributed by atoms with Crippen LogP contribution in [-0.2, 0) is 13.0 Å². The molecule has 0 unspecified atom stereocenters. The number of hydrogen-bond donors (Lipinski definition) is 2. The quantitative estimate of drug-likeness (QED) is 0.850. The number of thiazole rings is 1. The van der Waals surface area contributed by atoms with Crippen LogP contribution in [0.5, 0.6) is 5.75 Å². The lowest BCUT2D eigenvalue weighted by Crippen LogP contribution is -2.26. The van der Waals surface area contributed by atoms with Gasteiger partial charge in [-0.25, -0.2) is 4.98 Å². The van der Waals surface area contributed by atoms with Gasteiger partial charge in [-0.05, 0) is 18.1 Å². The van der Waals surface area contributed by atoms with Crippen molar-refractivity contribution in [3.8, 4) is 5.75 Å². The van der Waals surface area contributed by atoms with Crippen molar-refractivity contribution in [2.75, 3.05) is 13.7 Å². The minimum Gasteiger partial charge on any atom is -0.496 e. The highest BCUT2D eigenvalue weighted by atomic mass is 35.5. The fourth-order valence-corrected chi connectivity index (χ4v) is 2.47. The molecular formula is C14H18ClN3O2S. The van der Waals surface area contributed by atoms with Gasteiger partial charge >= 0.3 is 0 Å². The van der Waals surface area contributed by atoms with E-state index in [2.05, 4.69) is 10.3 Å². The average molecular weight is 328 g/mol. The van der Waals surface area contributed by atoms with Gasteiger partial charge in [0.05, 0.1) is 7.11 Å². The zero-order valence-electron chi connectivity index (χ0n) is 11.7. The number of nitrogens with zero attached hydrogens (tertiary/aromatic N) is 1. The largest absolute Gasteiger partial charge is 0.496 e. The van der Waals surface area contributed by atoms with Crippen LogP contribution in [0.15, 0.2) is 29.6 Å². The number of carbonyl (C=O) groups excluding carboxylic acids is 1. The van der Waals surface area contributed by atoms with E-state index in [4.69, 9.17) is 10.5 Å². The lowest BCUT2D eigenvalue weighted by molar-refractivity contribution is 0.0949. The standard InChI is InChI=1S/C14H17N3O2S.ClH/c1-19-12-5-3-2-4-10(12)6-7-16-14(18)11-9-20-13(8-15)17-11;/h2-5,9H,6-8,15H2,1H3,(H,16,18);1H. The number of benzene rings is 1. The zero-order valence-corrected chi connectivity index (χ0v) is 13.3. The molecule has 3 N–H and O–H groups in total. The first-order valence-electron chi connectivity index (χ1n) is 6.29.